The fourth-order valence-corrected chi connectivity index (χ4v) is 3.00. The predicted molar refractivity (Wildman–Crippen MR) is 121 cm³/mol. The largest absolute Gasteiger partial charge is 0.497 e. The number of halogens is 1. The zero-order chi connectivity index (χ0) is 18.2. The minimum Gasteiger partial charge on any atom is -0.497 e. The summed E-state index contributed by atoms with van der Waals surface area (Å²) in [4.78, 5) is 4.67. The molecule has 2 N–H and O–H groups in total. The average Bonchev–Trinajstić information content (AvgIpc) is 3.14. The lowest BCUT2D eigenvalue weighted by Crippen LogP contribution is -2.38. The second-order valence-electron chi connectivity index (χ2n) is 6.26. The molecule has 0 spiro atoms. The van der Waals surface area contributed by atoms with Crippen molar-refractivity contribution < 1.29 is 9.47 Å². The molecule has 146 valence electrons. The van der Waals surface area contributed by atoms with Crippen molar-refractivity contribution in [3.8, 4) is 11.5 Å². The summed E-state index contributed by atoms with van der Waals surface area (Å²) in [5.74, 6) is 2.73. The van der Waals surface area contributed by atoms with Crippen molar-refractivity contribution >= 4 is 29.9 Å². The molecule has 3 rings (SSSR count). The van der Waals surface area contributed by atoms with E-state index >= 15 is 0 Å². The van der Waals surface area contributed by atoms with E-state index in [2.05, 4.69) is 46.8 Å². The molecule has 5 nitrogen and oxygen atoms in total. The molecule has 2 aromatic carbocycles. The predicted octanol–water partition coefficient (Wildman–Crippen LogP) is 3.55. The first-order chi connectivity index (χ1) is 12.8. The lowest BCUT2D eigenvalue weighted by atomic mass is 10.1. The summed E-state index contributed by atoms with van der Waals surface area (Å²) in [5.41, 5.74) is 3.77. The normalized spacial score (nSPS) is 12.6. The molecule has 1 aliphatic rings. The van der Waals surface area contributed by atoms with Gasteiger partial charge in [0.2, 0.25) is 0 Å². The van der Waals surface area contributed by atoms with Gasteiger partial charge >= 0.3 is 0 Å². The van der Waals surface area contributed by atoms with Crippen LogP contribution in [0.15, 0.2) is 47.5 Å². The van der Waals surface area contributed by atoms with Gasteiger partial charge in [-0.05, 0) is 48.2 Å². The molecule has 0 amide bonds. The highest BCUT2D eigenvalue weighted by Crippen LogP contribution is 2.25. The first kappa shape index (κ1) is 21.3. The summed E-state index contributed by atoms with van der Waals surface area (Å²) in [5, 5.41) is 6.71. The SMILES string of the molecule is CCNC(=NCc1cccc(OC)c1)NCCc1ccc2c(c1)CCO2.I. The van der Waals surface area contributed by atoms with Gasteiger partial charge < -0.3 is 20.1 Å². The molecule has 0 aromatic heterocycles. The maximum absolute atomic E-state index is 5.56. The van der Waals surface area contributed by atoms with Crippen LogP contribution in [0.1, 0.15) is 23.6 Å². The molecule has 0 radical (unpaired) electrons. The molecule has 27 heavy (non-hydrogen) atoms. The van der Waals surface area contributed by atoms with Crippen molar-refractivity contribution in [1.82, 2.24) is 10.6 Å². The van der Waals surface area contributed by atoms with Crippen molar-refractivity contribution in [2.75, 3.05) is 26.8 Å². The Kier molecular flexibility index (Phi) is 8.71. The third kappa shape index (κ3) is 6.30. The standard InChI is InChI=1S/C21H27N3O2.HI/c1-3-22-21(24-15-17-5-4-6-19(14-17)25-2)23-11-9-16-7-8-20-18(13-16)10-12-26-20;/h4-8,13-14H,3,9-12,15H2,1-2H3,(H2,22,23,24);1H. The van der Waals surface area contributed by atoms with Crippen molar-refractivity contribution in [3.05, 3.63) is 59.2 Å². The van der Waals surface area contributed by atoms with Gasteiger partial charge in [-0.25, -0.2) is 4.99 Å². The molecular weight excluding hydrogens is 453 g/mol. The van der Waals surface area contributed by atoms with Crippen LogP contribution in [0.2, 0.25) is 0 Å². The van der Waals surface area contributed by atoms with E-state index in [0.717, 1.165) is 55.6 Å². The van der Waals surface area contributed by atoms with Gasteiger partial charge in [0.05, 0.1) is 20.3 Å². The van der Waals surface area contributed by atoms with E-state index in [9.17, 15) is 0 Å². The summed E-state index contributed by atoms with van der Waals surface area (Å²) in [7, 11) is 1.68. The van der Waals surface area contributed by atoms with Crippen LogP contribution in [0.3, 0.4) is 0 Å². The van der Waals surface area contributed by atoms with Crippen LogP contribution in [-0.2, 0) is 19.4 Å². The summed E-state index contributed by atoms with van der Waals surface area (Å²) in [6, 6.07) is 14.5. The van der Waals surface area contributed by atoms with Crippen LogP contribution in [-0.4, -0.2) is 32.8 Å². The number of benzene rings is 2. The van der Waals surface area contributed by atoms with Crippen LogP contribution in [0.5, 0.6) is 11.5 Å². The van der Waals surface area contributed by atoms with Crippen LogP contribution in [0.4, 0.5) is 0 Å². The minimum absolute atomic E-state index is 0. The summed E-state index contributed by atoms with van der Waals surface area (Å²) >= 11 is 0. The lowest BCUT2D eigenvalue weighted by Gasteiger charge is -2.12. The number of aliphatic imine (C=N–C) groups is 1. The molecule has 2 aromatic rings. The monoisotopic (exact) mass is 481 g/mol. The molecule has 6 heteroatoms. The number of fused-ring (bicyclic) bond motifs is 1. The molecule has 0 atom stereocenters. The van der Waals surface area contributed by atoms with E-state index in [1.54, 1.807) is 7.11 Å². The van der Waals surface area contributed by atoms with Gasteiger partial charge in [-0.2, -0.15) is 0 Å². The van der Waals surface area contributed by atoms with Crippen molar-refractivity contribution in [1.29, 1.82) is 0 Å². The van der Waals surface area contributed by atoms with Crippen LogP contribution < -0.4 is 20.1 Å². The number of nitrogens with zero attached hydrogens (tertiary/aromatic N) is 1. The Morgan fingerprint density at radius 3 is 2.85 bits per heavy atom. The Morgan fingerprint density at radius 2 is 2.04 bits per heavy atom. The highest BCUT2D eigenvalue weighted by molar-refractivity contribution is 14.0. The van der Waals surface area contributed by atoms with E-state index in [1.807, 2.05) is 18.2 Å². The molecule has 0 saturated heterocycles. The second kappa shape index (κ2) is 11.0. The van der Waals surface area contributed by atoms with Crippen molar-refractivity contribution in [2.24, 2.45) is 4.99 Å². The minimum atomic E-state index is 0. The molecular formula is C21H28IN3O2. The third-order valence-electron chi connectivity index (χ3n) is 4.36. The number of ether oxygens (including phenoxy) is 2. The zero-order valence-corrected chi connectivity index (χ0v) is 18.3. The fourth-order valence-electron chi connectivity index (χ4n) is 3.00. The van der Waals surface area contributed by atoms with Crippen LogP contribution >= 0.6 is 24.0 Å². The van der Waals surface area contributed by atoms with E-state index in [1.165, 1.54) is 11.1 Å². The maximum Gasteiger partial charge on any atom is 0.191 e. The number of hydrogen-bond donors (Lipinski definition) is 2. The Balaban J connectivity index is 0.00000261. The Bertz CT molecular complexity index is 765. The maximum atomic E-state index is 5.56. The molecule has 0 aliphatic carbocycles. The Hall–Kier alpha value is -1.96. The summed E-state index contributed by atoms with van der Waals surface area (Å²) < 4.78 is 10.8. The number of hydrogen-bond acceptors (Lipinski definition) is 3. The summed E-state index contributed by atoms with van der Waals surface area (Å²) in [6.45, 7) is 5.16. The quantitative estimate of drug-likeness (QED) is 0.361. The number of guanidine groups is 1. The number of methoxy groups -OCH3 is 1. The first-order valence-electron chi connectivity index (χ1n) is 9.18. The zero-order valence-electron chi connectivity index (χ0n) is 16.0. The van der Waals surface area contributed by atoms with Gasteiger partial charge in [-0.3, -0.25) is 0 Å². The molecule has 0 bridgehead atoms. The average molecular weight is 481 g/mol. The van der Waals surface area contributed by atoms with E-state index in [0.29, 0.717) is 6.54 Å². The Labute approximate surface area is 178 Å². The van der Waals surface area contributed by atoms with Gasteiger partial charge in [0.15, 0.2) is 5.96 Å². The molecule has 1 aliphatic heterocycles. The third-order valence-corrected chi connectivity index (χ3v) is 4.36. The van der Waals surface area contributed by atoms with E-state index in [-0.39, 0.29) is 24.0 Å². The highest BCUT2D eigenvalue weighted by Gasteiger charge is 2.11. The van der Waals surface area contributed by atoms with E-state index < -0.39 is 0 Å². The lowest BCUT2D eigenvalue weighted by molar-refractivity contribution is 0.357. The first-order valence-corrected chi connectivity index (χ1v) is 9.18. The van der Waals surface area contributed by atoms with Gasteiger partial charge in [0.25, 0.3) is 0 Å². The van der Waals surface area contributed by atoms with Gasteiger partial charge in [-0.1, -0.05) is 24.3 Å². The number of rotatable bonds is 7. The van der Waals surface area contributed by atoms with Crippen molar-refractivity contribution in [3.63, 3.8) is 0 Å². The van der Waals surface area contributed by atoms with Crippen molar-refractivity contribution in [2.45, 2.75) is 26.3 Å². The van der Waals surface area contributed by atoms with Gasteiger partial charge in [0.1, 0.15) is 11.5 Å². The number of nitrogens with one attached hydrogen (secondary N) is 2. The molecule has 0 saturated carbocycles. The molecule has 0 unspecified atom stereocenters. The van der Waals surface area contributed by atoms with Gasteiger partial charge in [-0.15, -0.1) is 24.0 Å². The fraction of sp³-hybridized carbons (Fsp3) is 0.381. The van der Waals surface area contributed by atoms with Crippen LogP contribution in [0, 0.1) is 0 Å². The highest BCUT2D eigenvalue weighted by atomic mass is 127. The van der Waals surface area contributed by atoms with Crippen LogP contribution in [0.25, 0.3) is 0 Å². The second-order valence-corrected chi connectivity index (χ2v) is 6.26. The topological polar surface area (TPSA) is 54.9 Å². The molecule has 1 heterocycles. The van der Waals surface area contributed by atoms with Gasteiger partial charge in [0, 0.05) is 19.5 Å². The molecule has 0 fully saturated rings. The Morgan fingerprint density at radius 1 is 1.15 bits per heavy atom. The smallest absolute Gasteiger partial charge is 0.191 e. The van der Waals surface area contributed by atoms with E-state index in [4.69, 9.17) is 9.47 Å². The summed E-state index contributed by atoms with van der Waals surface area (Å²) in [6.07, 6.45) is 1.97.